The largest absolute Gasteiger partial charge is 0.277 e. The van der Waals surface area contributed by atoms with Crippen LogP contribution in [0, 0.1) is 0 Å². The number of fused-ring (bicyclic) bond motifs is 1. The number of hydrogen-bond donors (Lipinski definition) is 2. The normalized spacial score (nSPS) is 10.7. The van der Waals surface area contributed by atoms with Crippen LogP contribution in [-0.2, 0) is 6.54 Å². The topological polar surface area (TPSA) is 76.0 Å². The molecular weight excluding hydrogens is 348 g/mol. The molecule has 7 heteroatoms. The van der Waals surface area contributed by atoms with Gasteiger partial charge in [-0.15, -0.1) is 11.8 Å². The van der Waals surface area contributed by atoms with Gasteiger partial charge in [-0.3, -0.25) is 25.0 Å². The molecule has 2 aromatic carbocycles. The Morgan fingerprint density at radius 3 is 2.62 bits per heavy atom. The number of anilines is 1. The van der Waals surface area contributed by atoms with E-state index in [1.54, 1.807) is 30.0 Å². The minimum Gasteiger partial charge on any atom is -0.277 e. The summed E-state index contributed by atoms with van der Waals surface area (Å²) in [6.07, 6.45) is 0. The third-order valence-corrected chi connectivity index (χ3v) is 4.85. The summed E-state index contributed by atoms with van der Waals surface area (Å²) in [6.45, 7) is 4.34. The lowest BCUT2D eigenvalue weighted by Gasteiger charge is -2.15. The maximum atomic E-state index is 12.6. The van der Waals surface area contributed by atoms with E-state index in [0.717, 1.165) is 10.6 Å². The van der Waals surface area contributed by atoms with Crippen LogP contribution in [-0.4, -0.2) is 21.2 Å². The first kappa shape index (κ1) is 18.0. The Morgan fingerprint density at radius 2 is 1.85 bits per heavy atom. The van der Waals surface area contributed by atoms with Gasteiger partial charge in [0.25, 0.3) is 11.5 Å². The van der Waals surface area contributed by atoms with E-state index in [0.29, 0.717) is 29.0 Å². The summed E-state index contributed by atoms with van der Waals surface area (Å²) in [5, 5.41) is 0.552. The summed E-state index contributed by atoms with van der Waals surface area (Å²) in [5.74, 6) is 0.913. The van der Waals surface area contributed by atoms with Crippen LogP contribution < -0.4 is 16.4 Å². The summed E-state index contributed by atoms with van der Waals surface area (Å²) < 4.78 is 1.50. The number of benzene rings is 2. The molecule has 0 aliphatic heterocycles. The fourth-order valence-electron chi connectivity index (χ4n) is 2.67. The van der Waals surface area contributed by atoms with E-state index in [2.05, 4.69) is 15.8 Å². The number of carbonyl (C=O) groups excluding carboxylic acids is 1. The molecular formula is C19H20N4O2S. The van der Waals surface area contributed by atoms with Crippen molar-refractivity contribution in [2.45, 2.75) is 25.3 Å². The van der Waals surface area contributed by atoms with Gasteiger partial charge in [-0.05, 0) is 36.9 Å². The van der Waals surface area contributed by atoms with Crippen molar-refractivity contribution >= 4 is 34.5 Å². The maximum absolute atomic E-state index is 12.6. The molecule has 0 radical (unpaired) electrons. The van der Waals surface area contributed by atoms with Crippen LogP contribution in [0.3, 0.4) is 0 Å². The van der Waals surface area contributed by atoms with Crippen LogP contribution in [0.2, 0.25) is 0 Å². The van der Waals surface area contributed by atoms with Gasteiger partial charge in [0.15, 0.2) is 0 Å². The fourth-order valence-corrected chi connectivity index (χ4v) is 3.47. The molecule has 2 N–H and O–H groups in total. The number of rotatable bonds is 6. The number of aromatic nitrogens is 2. The van der Waals surface area contributed by atoms with E-state index >= 15 is 0 Å². The van der Waals surface area contributed by atoms with E-state index in [-0.39, 0.29) is 11.5 Å². The van der Waals surface area contributed by atoms with Gasteiger partial charge in [-0.2, -0.15) is 0 Å². The zero-order valence-corrected chi connectivity index (χ0v) is 15.5. The van der Waals surface area contributed by atoms with Crippen molar-refractivity contribution in [1.82, 2.24) is 15.0 Å². The first-order valence-corrected chi connectivity index (χ1v) is 9.42. The maximum Gasteiger partial charge on any atom is 0.270 e. The molecule has 6 nitrogen and oxygen atoms in total. The first-order chi connectivity index (χ1) is 12.7. The zero-order chi connectivity index (χ0) is 18.5. The van der Waals surface area contributed by atoms with Gasteiger partial charge in [0.1, 0.15) is 0 Å². The second kappa shape index (κ2) is 8.05. The lowest BCUT2D eigenvalue weighted by atomic mass is 10.2. The minimum atomic E-state index is -0.272. The second-order valence-electron chi connectivity index (χ2n) is 5.51. The van der Waals surface area contributed by atoms with Crippen LogP contribution in [0.5, 0.6) is 0 Å². The highest BCUT2D eigenvalue weighted by molar-refractivity contribution is 7.99. The van der Waals surface area contributed by atoms with Crippen LogP contribution in [0.15, 0.2) is 58.2 Å². The first-order valence-electron chi connectivity index (χ1n) is 8.43. The molecule has 0 atom stereocenters. The Kier molecular flexibility index (Phi) is 5.58. The lowest BCUT2D eigenvalue weighted by Crippen LogP contribution is -2.34. The number of carbonyl (C=O) groups is 1. The van der Waals surface area contributed by atoms with Crippen molar-refractivity contribution in [1.29, 1.82) is 0 Å². The average molecular weight is 368 g/mol. The molecule has 134 valence electrons. The van der Waals surface area contributed by atoms with Crippen molar-refractivity contribution < 1.29 is 4.79 Å². The number of nitrogens with one attached hydrogen (secondary N) is 2. The zero-order valence-electron chi connectivity index (χ0n) is 14.7. The lowest BCUT2D eigenvalue weighted by molar-refractivity contribution is 0.0959. The van der Waals surface area contributed by atoms with Gasteiger partial charge in [0.05, 0.1) is 16.5 Å². The quantitative estimate of drug-likeness (QED) is 0.516. The minimum absolute atomic E-state index is 0.142. The molecule has 1 heterocycles. The molecule has 0 aliphatic rings. The molecule has 0 bridgehead atoms. The van der Waals surface area contributed by atoms with E-state index in [9.17, 15) is 9.59 Å². The highest BCUT2D eigenvalue weighted by Crippen LogP contribution is 2.22. The molecule has 0 aliphatic carbocycles. The number of para-hydroxylation sites is 1. The van der Waals surface area contributed by atoms with E-state index in [1.165, 1.54) is 4.57 Å². The molecule has 3 rings (SSSR count). The Morgan fingerprint density at radius 1 is 1.12 bits per heavy atom. The molecule has 0 saturated heterocycles. The van der Waals surface area contributed by atoms with E-state index in [4.69, 9.17) is 0 Å². The molecule has 0 saturated carbocycles. The Bertz CT molecular complexity index is 1000. The predicted molar refractivity (Wildman–Crippen MR) is 106 cm³/mol. The molecule has 1 aromatic heterocycles. The Balaban J connectivity index is 1.88. The van der Waals surface area contributed by atoms with Gasteiger partial charge in [0, 0.05) is 11.4 Å². The van der Waals surface area contributed by atoms with E-state index < -0.39 is 0 Å². The summed E-state index contributed by atoms with van der Waals surface area (Å²) in [6, 6.07) is 14.6. The summed E-state index contributed by atoms with van der Waals surface area (Å²) in [7, 11) is 0. The molecule has 26 heavy (non-hydrogen) atoms. The Hall–Kier alpha value is -2.80. The summed E-state index contributed by atoms with van der Waals surface area (Å²) >= 11 is 1.60. The highest BCUT2D eigenvalue weighted by Gasteiger charge is 2.13. The number of hydrazine groups is 1. The van der Waals surface area contributed by atoms with Crippen LogP contribution in [0.4, 0.5) is 5.95 Å². The average Bonchev–Trinajstić information content (AvgIpc) is 2.67. The SMILES string of the molecule is CCSc1ccccc1C(=O)NNc1nc2ccccc2c(=O)n1CC. The van der Waals surface area contributed by atoms with Crippen molar-refractivity contribution in [3.05, 3.63) is 64.4 Å². The molecule has 3 aromatic rings. The van der Waals surface area contributed by atoms with Crippen molar-refractivity contribution in [3.63, 3.8) is 0 Å². The van der Waals surface area contributed by atoms with Gasteiger partial charge in [0.2, 0.25) is 5.95 Å². The second-order valence-corrected chi connectivity index (χ2v) is 6.82. The van der Waals surface area contributed by atoms with Crippen molar-refractivity contribution in [2.24, 2.45) is 0 Å². The van der Waals surface area contributed by atoms with Crippen LogP contribution in [0.25, 0.3) is 10.9 Å². The Labute approximate surface area is 155 Å². The standard InChI is InChI=1S/C19H20N4O2S/c1-3-23-18(25)13-9-5-7-11-15(13)20-19(23)22-21-17(24)14-10-6-8-12-16(14)26-4-2/h5-12H,3-4H2,1-2H3,(H,20,22)(H,21,24). The third-order valence-electron chi connectivity index (χ3n) is 3.90. The molecule has 0 unspecified atom stereocenters. The van der Waals surface area contributed by atoms with Gasteiger partial charge < -0.3 is 0 Å². The number of hydrogen-bond acceptors (Lipinski definition) is 5. The van der Waals surface area contributed by atoms with Crippen LogP contribution in [0.1, 0.15) is 24.2 Å². The smallest absolute Gasteiger partial charge is 0.270 e. The van der Waals surface area contributed by atoms with Gasteiger partial charge >= 0.3 is 0 Å². The predicted octanol–water partition coefficient (Wildman–Crippen LogP) is 3.29. The third kappa shape index (κ3) is 3.57. The van der Waals surface area contributed by atoms with E-state index in [1.807, 2.05) is 44.2 Å². The van der Waals surface area contributed by atoms with Gasteiger partial charge in [-0.1, -0.05) is 31.2 Å². The van der Waals surface area contributed by atoms with Crippen molar-refractivity contribution in [3.8, 4) is 0 Å². The van der Waals surface area contributed by atoms with Crippen molar-refractivity contribution in [2.75, 3.05) is 11.2 Å². The number of thioether (sulfide) groups is 1. The number of amides is 1. The summed E-state index contributed by atoms with van der Waals surface area (Å²) in [4.78, 5) is 30.5. The monoisotopic (exact) mass is 368 g/mol. The van der Waals surface area contributed by atoms with Crippen LogP contribution >= 0.6 is 11.8 Å². The number of nitrogens with zero attached hydrogens (tertiary/aromatic N) is 2. The van der Waals surface area contributed by atoms with Gasteiger partial charge in [-0.25, -0.2) is 4.98 Å². The molecule has 0 fully saturated rings. The molecule has 0 spiro atoms. The fraction of sp³-hybridized carbons (Fsp3) is 0.211. The molecule has 1 amide bonds. The summed E-state index contributed by atoms with van der Waals surface area (Å²) in [5.41, 5.74) is 6.49. The highest BCUT2D eigenvalue weighted by atomic mass is 32.2.